The highest BCUT2D eigenvalue weighted by Crippen LogP contribution is 2.34. The van der Waals surface area contributed by atoms with Crippen molar-refractivity contribution < 1.29 is 19.4 Å². The van der Waals surface area contributed by atoms with Crippen LogP contribution in [0.25, 0.3) is 0 Å². The molecule has 0 aliphatic carbocycles. The first-order valence-corrected chi connectivity index (χ1v) is 6.90. The van der Waals surface area contributed by atoms with Gasteiger partial charge in [-0.2, -0.15) is 0 Å². The number of hydrogen-bond donors (Lipinski definition) is 1. The van der Waals surface area contributed by atoms with Crippen LogP contribution in [0.2, 0.25) is 0 Å². The zero-order chi connectivity index (χ0) is 14.1. The standard InChI is InChI=1S/C15H17NO4/c17-14(11-5-3-7-20-9-11)16-12-6-2-1-4-10(12)8-13(16)15(18)19/h1-2,4,6,11,13H,3,5,7-9H2,(H,18,19). The van der Waals surface area contributed by atoms with E-state index in [0.717, 1.165) is 24.1 Å². The van der Waals surface area contributed by atoms with E-state index in [4.69, 9.17) is 4.74 Å². The molecule has 0 spiro atoms. The van der Waals surface area contributed by atoms with Gasteiger partial charge in [0, 0.05) is 18.7 Å². The molecule has 1 amide bonds. The third-order valence-corrected chi connectivity index (χ3v) is 4.01. The maximum Gasteiger partial charge on any atom is 0.327 e. The number of rotatable bonds is 2. The maximum atomic E-state index is 12.7. The third-order valence-electron chi connectivity index (χ3n) is 4.01. The Bertz CT molecular complexity index is 536. The average molecular weight is 275 g/mol. The second-order valence-electron chi connectivity index (χ2n) is 5.31. The third kappa shape index (κ3) is 2.18. The van der Waals surface area contributed by atoms with Crippen molar-refractivity contribution in [2.45, 2.75) is 25.3 Å². The molecule has 1 N–H and O–H groups in total. The number of fused-ring (bicyclic) bond motifs is 1. The van der Waals surface area contributed by atoms with Gasteiger partial charge in [0.15, 0.2) is 0 Å². The number of para-hydroxylation sites is 1. The van der Waals surface area contributed by atoms with Crippen LogP contribution in [0, 0.1) is 5.92 Å². The van der Waals surface area contributed by atoms with Crippen LogP contribution < -0.4 is 4.90 Å². The van der Waals surface area contributed by atoms with Crippen molar-refractivity contribution >= 4 is 17.6 Å². The fourth-order valence-corrected chi connectivity index (χ4v) is 2.99. The van der Waals surface area contributed by atoms with E-state index >= 15 is 0 Å². The van der Waals surface area contributed by atoms with E-state index in [9.17, 15) is 14.7 Å². The molecule has 1 aromatic carbocycles. The fourth-order valence-electron chi connectivity index (χ4n) is 2.99. The Balaban J connectivity index is 1.91. The van der Waals surface area contributed by atoms with Crippen molar-refractivity contribution in [1.29, 1.82) is 0 Å². The molecule has 1 aromatic rings. The van der Waals surface area contributed by atoms with E-state index in [2.05, 4.69) is 0 Å². The Morgan fingerprint density at radius 1 is 1.30 bits per heavy atom. The first kappa shape index (κ1) is 13.1. The lowest BCUT2D eigenvalue weighted by atomic mass is 10.00. The molecule has 5 nitrogen and oxygen atoms in total. The van der Waals surface area contributed by atoms with Gasteiger partial charge in [-0.15, -0.1) is 0 Å². The van der Waals surface area contributed by atoms with Gasteiger partial charge < -0.3 is 9.84 Å². The number of nitrogens with zero attached hydrogens (tertiary/aromatic N) is 1. The zero-order valence-electron chi connectivity index (χ0n) is 11.1. The number of hydrogen-bond acceptors (Lipinski definition) is 3. The monoisotopic (exact) mass is 275 g/mol. The highest BCUT2D eigenvalue weighted by atomic mass is 16.5. The number of aliphatic carboxylic acids is 1. The van der Waals surface area contributed by atoms with Crippen molar-refractivity contribution in [3.05, 3.63) is 29.8 Å². The average Bonchev–Trinajstić information content (AvgIpc) is 2.87. The molecule has 0 aromatic heterocycles. The predicted molar refractivity (Wildman–Crippen MR) is 72.6 cm³/mol. The lowest BCUT2D eigenvalue weighted by Crippen LogP contribution is -2.47. The number of carboxylic acid groups (broad SMARTS) is 1. The van der Waals surface area contributed by atoms with E-state index in [-0.39, 0.29) is 11.8 Å². The summed E-state index contributed by atoms with van der Waals surface area (Å²) in [4.78, 5) is 25.6. The zero-order valence-corrected chi connectivity index (χ0v) is 11.1. The van der Waals surface area contributed by atoms with Gasteiger partial charge in [0.1, 0.15) is 6.04 Å². The van der Waals surface area contributed by atoms with Crippen molar-refractivity contribution in [1.82, 2.24) is 0 Å². The van der Waals surface area contributed by atoms with Gasteiger partial charge in [0.25, 0.3) is 0 Å². The molecule has 20 heavy (non-hydrogen) atoms. The Morgan fingerprint density at radius 3 is 2.80 bits per heavy atom. The van der Waals surface area contributed by atoms with E-state index in [1.54, 1.807) is 0 Å². The van der Waals surface area contributed by atoms with Crippen molar-refractivity contribution in [3.63, 3.8) is 0 Å². The molecule has 2 aliphatic rings. The van der Waals surface area contributed by atoms with Crippen molar-refractivity contribution in [3.8, 4) is 0 Å². The lowest BCUT2D eigenvalue weighted by Gasteiger charge is -2.29. The smallest absolute Gasteiger partial charge is 0.327 e. The number of amides is 1. The van der Waals surface area contributed by atoms with Gasteiger partial charge in [-0.25, -0.2) is 4.79 Å². The van der Waals surface area contributed by atoms with E-state index in [1.165, 1.54) is 4.90 Å². The maximum absolute atomic E-state index is 12.7. The number of carbonyl (C=O) groups is 2. The number of benzene rings is 1. The normalized spacial score (nSPS) is 25.3. The Labute approximate surface area is 117 Å². The van der Waals surface area contributed by atoms with Crippen molar-refractivity contribution in [2.75, 3.05) is 18.1 Å². The second-order valence-corrected chi connectivity index (χ2v) is 5.31. The van der Waals surface area contributed by atoms with Gasteiger partial charge in [-0.1, -0.05) is 18.2 Å². The summed E-state index contributed by atoms with van der Waals surface area (Å²) in [7, 11) is 0. The van der Waals surface area contributed by atoms with Gasteiger partial charge in [-0.05, 0) is 24.5 Å². The quantitative estimate of drug-likeness (QED) is 0.887. The van der Waals surface area contributed by atoms with Crippen LogP contribution in [0.15, 0.2) is 24.3 Å². The molecule has 3 rings (SSSR count). The van der Waals surface area contributed by atoms with Gasteiger partial charge in [0.05, 0.1) is 12.5 Å². The van der Waals surface area contributed by atoms with E-state index < -0.39 is 12.0 Å². The summed E-state index contributed by atoms with van der Waals surface area (Å²) in [5.41, 5.74) is 1.65. The summed E-state index contributed by atoms with van der Waals surface area (Å²) in [5, 5.41) is 9.38. The van der Waals surface area contributed by atoms with Crippen LogP contribution in [0.3, 0.4) is 0 Å². The highest BCUT2D eigenvalue weighted by Gasteiger charge is 2.40. The molecular weight excluding hydrogens is 258 g/mol. The van der Waals surface area contributed by atoms with E-state index in [1.807, 2.05) is 24.3 Å². The molecule has 0 saturated carbocycles. The number of anilines is 1. The summed E-state index contributed by atoms with van der Waals surface area (Å²) < 4.78 is 5.35. The molecule has 2 aliphatic heterocycles. The van der Waals surface area contributed by atoms with Crippen LogP contribution in [-0.2, 0) is 20.7 Å². The molecule has 0 bridgehead atoms. The highest BCUT2D eigenvalue weighted by molar-refractivity contribution is 6.03. The SMILES string of the molecule is O=C(O)C1Cc2ccccc2N1C(=O)C1CCCOC1. The summed E-state index contributed by atoms with van der Waals surface area (Å²) in [6.07, 6.45) is 2.00. The van der Waals surface area contributed by atoms with E-state index in [0.29, 0.717) is 19.6 Å². The minimum Gasteiger partial charge on any atom is -0.480 e. The topological polar surface area (TPSA) is 66.8 Å². The molecule has 2 unspecified atom stereocenters. The molecular formula is C15H17NO4. The summed E-state index contributed by atoms with van der Waals surface area (Å²) in [6, 6.07) is 6.62. The number of carboxylic acids is 1. The number of ether oxygens (including phenoxy) is 1. The minimum absolute atomic E-state index is 0.123. The molecule has 2 atom stereocenters. The Kier molecular flexibility index (Phi) is 3.44. The van der Waals surface area contributed by atoms with Gasteiger partial charge >= 0.3 is 5.97 Å². The first-order chi connectivity index (χ1) is 9.68. The van der Waals surface area contributed by atoms with Crippen LogP contribution >= 0.6 is 0 Å². The molecule has 5 heteroatoms. The lowest BCUT2D eigenvalue weighted by molar-refractivity contribution is -0.140. The molecule has 0 radical (unpaired) electrons. The van der Waals surface area contributed by atoms with Gasteiger partial charge in [-0.3, -0.25) is 9.69 Å². The van der Waals surface area contributed by atoms with Crippen molar-refractivity contribution in [2.24, 2.45) is 5.92 Å². The largest absolute Gasteiger partial charge is 0.480 e. The summed E-state index contributed by atoms with van der Waals surface area (Å²) in [6.45, 7) is 1.08. The molecule has 1 fully saturated rings. The van der Waals surface area contributed by atoms with Crippen LogP contribution in [0.1, 0.15) is 18.4 Å². The fraction of sp³-hybridized carbons (Fsp3) is 0.467. The molecule has 2 heterocycles. The number of carbonyl (C=O) groups excluding carboxylic acids is 1. The van der Waals surface area contributed by atoms with Crippen LogP contribution in [0.5, 0.6) is 0 Å². The first-order valence-electron chi connectivity index (χ1n) is 6.90. The minimum atomic E-state index is -0.953. The predicted octanol–water partition coefficient (Wildman–Crippen LogP) is 1.46. The Morgan fingerprint density at radius 2 is 2.10 bits per heavy atom. The molecule has 106 valence electrons. The summed E-state index contributed by atoms with van der Waals surface area (Å²) >= 11 is 0. The van der Waals surface area contributed by atoms with Crippen LogP contribution in [-0.4, -0.2) is 36.2 Å². The second kappa shape index (κ2) is 5.25. The molecule has 1 saturated heterocycles. The Hall–Kier alpha value is -1.88. The van der Waals surface area contributed by atoms with Gasteiger partial charge in [0.2, 0.25) is 5.91 Å². The van der Waals surface area contributed by atoms with Crippen LogP contribution in [0.4, 0.5) is 5.69 Å². The summed E-state index contributed by atoms with van der Waals surface area (Å²) in [5.74, 6) is -1.30.